The van der Waals surface area contributed by atoms with Crippen LogP contribution in [-0.2, 0) is 4.79 Å². The number of benzene rings is 1. The molecule has 1 amide bonds. The summed E-state index contributed by atoms with van der Waals surface area (Å²) in [4.78, 5) is 27.1. The van der Waals surface area contributed by atoms with Crippen molar-refractivity contribution in [3.63, 3.8) is 0 Å². The van der Waals surface area contributed by atoms with E-state index in [2.05, 4.69) is 0 Å². The normalized spacial score (nSPS) is 15.3. The zero-order valence-corrected chi connectivity index (χ0v) is 15.0. The largest absolute Gasteiger partial charge is 0.426 e. The summed E-state index contributed by atoms with van der Waals surface area (Å²) in [6.45, 7) is 1.11. The number of carbonyl (C=O) groups is 2. The Kier molecular flexibility index (Phi) is 5.43. The lowest BCUT2D eigenvalue weighted by Crippen LogP contribution is -2.40. The minimum Gasteiger partial charge on any atom is -0.426 e. The van der Waals surface area contributed by atoms with Gasteiger partial charge >= 0.3 is 5.97 Å². The molecule has 1 aliphatic rings. The Morgan fingerprint density at radius 3 is 2.50 bits per heavy atom. The molecule has 1 aromatic heterocycles. The van der Waals surface area contributed by atoms with Crippen LogP contribution in [0.1, 0.15) is 22.5 Å². The van der Waals surface area contributed by atoms with Crippen LogP contribution in [0.3, 0.4) is 0 Å². The molecule has 0 spiro atoms. The molecule has 0 N–H and O–H groups in total. The van der Waals surface area contributed by atoms with Gasteiger partial charge in [-0.3, -0.25) is 9.59 Å². The number of amides is 1. The van der Waals surface area contributed by atoms with Crippen molar-refractivity contribution in [2.75, 3.05) is 13.1 Å². The average Bonchev–Trinajstić information content (AvgIpc) is 3.12. The van der Waals surface area contributed by atoms with Gasteiger partial charge in [-0.15, -0.1) is 11.3 Å². The van der Waals surface area contributed by atoms with Crippen molar-refractivity contribution in [2.24, 2.45) is 5.92 Å². The maximum Gasteiger partial charge on any atom is 0.314 e. The molecule has 1 aliphatic heterocycles. The summed E-state index contributed by atoms with van der Waals surface area (Å²) in [6.07, 6.45) is 1.19. The molecule has 0 radical (unpaired) electrons. The van der Waals surface area contributed by atoms with Gasteiger partial charge < -0.3 is 9.64 Å². The van der Waals surface area contributed by atoms with Gasteiger partial charge in [0.05, 0.1) is 20.8 Å². The van der Waals surface area contributed by atoms with Gasteiger partial charge in [0.1, 0.15) is 5.75 Å². The van der Waals surface area contributed by atoms with Gasteiger partial charge in [-0.1, -0.05) is 29.3 Å². The number of hydrogen-bond donors (Lipinski definition) is 0. The highest BCUT2D eigenvalue weighted by atomic mass is 35.5. The summed E-state index contributed by atoms with van der Waals surface area (Å²) >= 11 is 13.2. The van der Waals surface area contributed by atoms with Crippen LogP contribution in [0.5, 0.6) is 5.75 Å². The molecule has 0 unspecified atom stereocenters. The lowest BCUT2D eigenvalue weighted by atomic mass is 9.97. The standard InChI is InChI=1S/C17H15Cl2NO3S/c18-13-4-3-12(10-14(13)19)23-17(22)11-5-7-20(8-6-11)16(21)15-2-1-9-24-15/h1-4,9-11H,5-8H2. The van der Waals surface area contributed by atoms with Crippen LogP contribution in [0.25, 0.3) is 0 Å². The molecule has 24 heavy (non-hydrogen) atoms. The molecule has 2 heterocycles. The van der Waals surface area contributed by atoms with Gasteiger partial charge in [0, 0.05) is 19.2 Å². The van der Waals surface area contributed by atoms with E-state index in [1.54, 1.807) is 17.0 Å². The summed E-state index contributed by atoms with van der Waals surface area (Å²) < 4.78 is 5.37. The van der Waals surface area contributed by atoms with Crippen molar-refractivity contribution in [3.05, 3.63) is 50.6 Å². The molecular formula is C17H15Cl2NO3S. The number of piperidine rings is 1. The van der Waals surface area contributed by atoms with E-state index in [-0.39, 0.29) is 17.8 Å². The number of halogens is 2. The lowest BCUT2D eigenvalue weighted by Gasteiger charge is -2.30. The minimum absolute atomic E-state index is 0.0290. The first-order valence-electron chi connectivity index (χ1n) is 7.54. The van der Waals surface area contributed by atoms with Crippen LogP contribution in [-0.4, -0.2) is 29.9 Å². The summed E-state index contributed by atoms with van der Waals surface area (Å²) in [6, 6.07) is 8.41. The molecule has 1 saturated heterocycles. The van der Waals surface area contributed by atoms with Gasteiger partial charge in [0.25, 0.3) is 5.91 Å². The predicted octanol–water partition coefficient (Wildman–Crippen LogP) is 4.51. The van der Waals surface area contributed by atoms with E-state index in [1.165, 1.54) is 17.4 Å². The van der Waals surface area contributed by atoms with Crippen molar-refractivity contribution in [2.45, 2.75) is 12.8 Å². The highest BCUT2D eigenvalue weighted by Gasteiger charge is 2.29. The number of nitrogens with zero attached hydrogens (tertiary/aromatic N) is 1. The van der Waals surface area contributed by atoms with Crippen molar-refractivity contribution < 1.29 is 14.3 Å². The molecule has 126 valence electrons. The quantitative estimate of drug-likeness (QED) is 0.578. The van der Waals surface area contributed by atoms with Crippen molar-refractivity contribution >= 4 is 46.4 Å². The number of carbonyl (C=O) groups excluding carboxylic acids is 2. The average molecular weight is 384 g/mol. The number of hydrogen-bond acceptors (Lipinski definition) is 4. The van der Waals surface area contributed by atoms with Crippen LogP contribution in [0.4, 0.5) is 0 Å². The molecule has 7 heteroatoms. The number of thiophene rings is 1. The third kappa shape index (κ3) is 3.91. The van der Waals surface area contributed by atoms with Gasteiger partial charge in [-0.2, -0.15) is 0 Å². The Hall–Kier alpha value is -1.56. The first-order valence-corrected chi connectivity index (χ1v) is 9.17. The van der Waals surface area contributed by atoms with Crippen LogP contribution < -0.4 is 4.74 Å². The van der Waals surface area contributed by atoms with E-state index >= 15 is 0 Å². The Labute approximate surface area is 153 Å². The predicted molar refractivity (Wildman–Crippen MR) is 95.0 cm³/mol. The molecule has 3 rings (SSSR count). The van der Waals surface area contributed by atoms with E-state index in [0.29, 0.717) is 41.7 Å². The first kappa shape index (κ1) is 17.3. The SMILES string of the molecule is O=C(Oc1ccc(Cl)c(Cl)c1)C1CCN(C(=O)c2cccs2)CC1. The van der Waals surface area contributed by atoms with E-state index in [1.807, 2.05) is 17.5 Å². The Morgan fingerprint density at radius 1 is 1.12 bits per heavy atom. The zero-order valence-electron chi connectivity index (χ0n) is 12.7. The lowest BCUT2D eigenvalue weighted by molar-refractivity contribution is -0.140. The van der Waals surface area contributed by atoms with E-state index in [9.17, 15) is 9.59 Å². The van der Waals surface area contributed by atoms with Crippen LogP contribution in [0.15, 0.2) is 35.7 Å². The Morgan fingerprint density at radius 2 is 1.88 bits per heavy atom. The maximum absolute atomic E-state index is 12.3. The highest BCUT2D eigenvalue weighted by molar-refractivity contribution is 7.12. The van der Waals surface area contributed by atoms with Crippen molar-refractivity contribution in [3.8, 4) is 5.75 Å². The van der Waals surface area contributed by atoms with Crippen LogP contribution >= 0.6 is 34.5 Å². The molecule has 0 saturated carbocycles. The number of esters is 1. The van der Waals surface area contributed by atoms with Gasteiger partial charge in [0.2, 0.25) is 0 Å². The van der Waals surface area contributed by atoms with E-state index < -0.39 is 0 Å². The third-order valence-electron chi connectivity index (χ3n) is 3.96. The molecule has 0 atom stereocenters. The van der Waals surface area contributed by atoms with Crippen molar-refractivity contribution in [1.82, 2.24) is 4.90 Å². The fourth-order valence-electron chi connectivity index (χ4n) is 2.61. The summed E-state index contributed by atoms with van der Waals surface area (Å²) in [5.74, 6) is -0.101. The van der Waals surface area contributed by atoms with Gasteiger partial charge in [-0.05, 0) is 36.4 Å². The summed E-state index contributed by atoms with van der Waals surface area (Å²) in [5, 5.41) is 2.64. The van der Waals surface area contributed by atoms with E-state index in [0.717, 1.165) is 4.88 Å². The zero-order chi connectivity index (χ0) is 17.1. The summed E-state index contributed by atoms with van der Waals surface area (Å²) in [5.41, 5.74) is 0. The van der Waals surface area contributed by atoms with Crippen molar-refractivity contribution in [1.29, 1.82) is 0 Å². The molecular weight excluding hydrogens is 369 g/mol. The summed E-state index contributed by atoms with van der Waals surface area (Å²) in [7, 11) is 0. The van der Waals surface area contributed by atoms with Gasteiger partial charge in [-0.25, -0.2) is 0 Å². The smallest absolute Gasteiger partial charge is 0.314 e. The molecule has 4 nitrogen and oxygen atoms in total. The second kappa shape index (κ2) is 7.55. The Balaban J connectivity index is 1.55. The number of ether oxygens (including phenoxy) is 1. The topological polar surface area (TPSA) is 46.6 Å². The Bertz CT molecular complexity index is 740. The number of rotatable bonds is 3. The monoisotopic (exact) mass is 383 g/mol. The molecule has 1 aromatic carbocycles. The molecule has 0 bridgehead atoms. The second-order valence-corrected chi connectivity index (χ2v) is 7.30. The highest BCUT2D eigenvalue weighted by Crippen LogP contribution is 2.28. The van der Waals surface area contributed by atoms with Crippen LogP contribution in [0, 0.1) is 5.92 Å². The second-order valence-electron chi connectivity index (χ2n) is 5.54. The maximum atomic E-state index is 12.3. The van der Waals surface area contributed by atoms with E-state index in [4.69, 9.17) is 27.9 Å². The van der Waals surface area contributed by atoms with Gasteiger partial charge in [0.15, 0.2) is 0 Å². The molecule has 0 aliphatic carbocycles. The van der Waals surface area contributed by atoms with Crippen LogP contribution in [0.2, 0.25) is 10.0 Å². The molecule has 2 aromatic rings. The minimum atomic E-state index is -0.295. The fraction of sp³-hybridized carbons (Fsp3) is 0.294. The third-order valence-corrected chi connectivity index (χ3v) is 5.55. The molecule has 1 fully saturated rings. The number of likely N-dealkylation sites (tertiary alicyclic amines) is 1. The first-order chi connectivity index (χ1) is 11.5. The fourth-order valence-corrected chi connectivity index (χ4v) is 3.59.